The maximum absolute atomic E-state index is 12.3. The Balaban J connectivity index is 2.16. The number of likely N-dealkylation sites (N-methyl/N-ethyl adjacent to an activating group) is 1. The van der Waals surface area contributed by atoms with Crippen LogP contribution < -0.4 is 4.90 Å². The van der Waals surface area contributed by atoms with Gasteiger partial charge >= 0.3 is 0 Å². The number of hydrogen-bond acceptors (Lipinski definition) is 4. The highest BCUT2D eigenvalue weighted by molar-refractivity contribution is 7.80. The number of para-hydroxylation sites is 1. The van der Waals surface area contributed by atoms with Crippen LogP contribution in [0.5, 0.6) is 0 Å². The van der Waals surface area contributed by atoms with E-state index in [1.54, 1.807) is 0 Å². The van der Waals surface area contributed by atoms with Crippen molar-refractivity contribution in [3.63, 3.8) is 0 Å². The van der Waals surface area contributed by atoms with Crippen molar-refractivity contribution in [1.82, 2.24) is 4.90 Å². The summed E-state index contributed by atoms with van der Waals surface area (Å²) >= 11 is 5.10. The van der Waals surface area contributed by atoms with Gasteiger partial charge in [-0.2, -0.15) is 0 Å². The molecular weight excluding hydrogens is 272 g/mol. The number of hydrogen-bond donors (Lipinski definition) is 0. The molecule has 0 saturated carbocycles. The molecule has 0 atom stereocenters. The maximum atomic E-state index is 12.3. The van der Waals surface area contributed by atoms with Crippen LogP contribution in [0.2, 0.25) is 0 Å². The maximum Gasteiger partial charge on any atom is 0.297 e. The summed E-state index contributed by atoms with van der Waals surface area (Å²) in [5.41, 5.74) is 2.79. The van der Waals surface area contributed by atoms with Crippen molar-refractivity contribution in [1.29, 1.82) is 0 Å². The topological polar surface area (TPSA) is 32.8 Å². The second-order valence-corrected chi connectivity index (χ2v) is 4.95. The van der Waals surface area contributed by atoms with E-state index in [2.05, 4.69) is 0 Å². The molecule has 0 aliphatic carbocycles. The van der Waals surface area contributed by atoms with Crippen molar-refractivity contribution >= 4 is 34.6 Å². The Hall–Kier alpha value is -2.14. The fourth-order valence-electron chi connectivity index (χ4n) is 2.40. The average Bonchev–Trinajstić information content (AvgIpc) is 2.74. The molecule has 1 saturated heterocycles. The summed E-state index contributed by atoms with van der Waals surface area (Å²) in [6.07, 6.45) is 3.80. The normalized spacial score (nSPS) is 21.3. The molecule has 102 valence electrons. The zero-order valence-electron chi connectivity index (χ0n) is 11.3. The molecular formula is C15H14N2O2S. The quantitative estimate of drug-likeness (QED) is 0.586. The fraction of sp³-hybridized carbons (Fsp3) is 0.200. The number of nitrogens with zero attached hydrogens (tertiary/aromatic N) is 2. The first kappa shape index (κ1) is 12.9. The minimum absolute atomic E-state index is 0.170. The second kappa shape index (κ2) is 4.76. The third-order valence-electron chi connectivity index (χ3n) is 3.45. The van der Waals surface area contributed by atoms with Gasteiger partial charge in [0, 0.05) is 36.6 Å². The predicted octanol–water partition coefficient (Wildman–Crippen LogP) is 2.52. The van der Waals surface area contributed by atoms with Crippen molar-refractivity contribution in [2.75, 3.05) is 18.5 Å². The smallest absolute Gasteiger partial charge is 0.297 e. The highest BCUT2D eigenvalue weighted by atomic mass is 32.1. The first-order valence-corrected chi connectivity index (χ1v) is 6.82. The van der Waals surface area contributed by atoms with Gasteiger partial charge in [0.1, 0.15) is 0 Å². The third kappa shape index (κ3) is 1.82. The molecule has 0 spiro atoms. The standard InChI is InChI=1S/C15H14N2O2S/c1-3-17-14(18)13(19-15(17)20)11-8-9-16(2)12-7-5-4-6-10(11)12/h4-9H,3H2,1-2H3/b13-11-. The molecule has 0 N–H and O–H groups in total. The number of rotatable bonds is 1. The third-order valence-corrected chi connectivity index (χ3v) is 3.75. The Morgan fingerprint density at radius 1 is 1.30 bits per heavy atom. The van der Waals surface area contributed by atoms with E-state index >= 15 is 0 Å². The minimum atomic E-state index is -0.170. The van der Waals surface area contributed by atoms with Crippen molar-refractivity contribution in [2.45, 2.75) is 6.92 Å². The number of carbonyl (C=O) groups is 1. The van der Waals surface area contributed by atoms with Crippen LogP contribution in [0.15, 0.2) is 42.3 Å². The molecule has 0 radical (unpaired) electrons. The first-order valence-electron chi connectivity index (χ1n) is 6.42. The van der Waals surface area contributed by atoms with Crippen LogP contribution in [0.3, 0.4) is 0 Å². The SMILES string of the molecule is CCN1C(=O)/C(=C2\C=CN(C)c3ccccc32)OC1=S. The van der Waals surface area contributed by atoms with E-state index in [-0.39, 0.29) is 11.1 Å². The number of ether oxygens (including phenoxy) is 1. The Kier molecular flexibility index (Phi) is 3.06. The molecule has 0 aromatic heterocycles. The van der Waals surface area contributed by atoms with Gasteiger partial charge in [0.15, 0.2) is 0 Å². The van der Waals surface area contributed by atoms with E-state index < -0.39 is 0 Å². The molecule has 3 rings (SSSR count). The Bertz CT molecular complexity index is 664. The van der Waals surface area contributed by atoms with Crippen LogP contribution in [-0.2, 0) is 9.53 Å². The zero-order valence-corrected chi connectivity index (χ0v) is 12.1. The predicted molar refractivity (Wildman–Crippen MR) is 82.0 cm³/mol. The van der Waals surface area contributed by atoms with Crippen LogP contribution in [0.1, 0.15) is 12.5 Å². The van der Waals surface area contributed by atoms with Gasteiger partial charge in [0.25, 0.3) is 11.1 Å². The van der Waals surface area contributed by atoms with Crippen LogP contribution in [0, 0.1) is 0 Å². The molecule has 1 amide bonds. The number of fused-ring (bicyclic) bond motifs is 1. The number of anilines is 1. The highest BCUT2D eigenvalue weighted by Gasteiger charge is 2.35. The lowest BCUT2D eigenvalue weighted by Gasteiger charge is -2.23. The van der Waals surface area contributed by atoms with Gasteiger partial charge in [-0.3, -0.25) is 9.69 Å². The lowest BCUT2D eigenvalue weighted by molar-refractivity contribution is -0.122. The Morgan fingerprint density at radius 2 is 2.05 bits per heavy atom. The zero-order chi connectivity index (χ0) is 14.3. The molecule has 1 aromatic rings. The van der Waals surface area contributed by atoms with E-state index in [9.17, 15) is 4.79 Å². The summed E-state index contributed by atoms with van der Waals surface area (Å²) in [4.78, 5) is 15.8. The molecule has 1 fully saturated rings. The van der Waals surface area contributed by atoms with E-state index in [1.807, 2.05) is 55.4 Å². The highest BCUT2D eigenvalue weighted by Crippen LogP contribution is 2.36. The van der Waals surface area contributed by atoms with Gasteiger partial charge in [-0.15, -0.1) is 0 Å². The van der Waals surface area contributed by atoms with Gasteiger partial charge in [-0.05, 0) is 31.3 Å². The van der Waals surface area contributed by atoms with E-state index in [4.69, 9.17) is 17.0 Å². The average molecular weight is 286 g/mol. The monoisotopic (exact) mass is 286 g/mol. The molecule has 4 nitrogen and oxygen atoms in total. The Labute approximate surface area is 122 Å². The van der Waals surface area contributed by atoms with E-state index in [1.165, 1.54) is 4.90 Å². The lowest BCUT2D eigenvalue weighted by Crippen LogP contribution is -2.28. The fourth-order valence-corrected chi connectivity index (χ4v) is 2.69. The van der Waals surface area contributed by atoms with Crippen LogP contribution in [0.25, 0.3) is 5.57 Å². The van der Waals surface area contributed by atoms with Crippen LogP contribution in [-0.4, -0.2) is 29.6 Å². The summed E-state index contributed by atoms with van der Waals surface area (Å²) in [7, 11) is 1.97. The largest absolute Gasteiger partial charge is 0.425 e. The van der Waals surface area contributed by atoms with E-state index in [0.717, 1.165) is 16.8 Å². The van der Waals surface area contributed by atoms with Crippen molar-refractivity contribution in [3.8, 4) is 0 Å². The summed E-state index contributed by atoms with van der Waals surface area (Å²) < 4.78 is 5.53. The second-order valence-electron chi connectivity index (χ2n) is 4.60. The van der Waals surface area contributed by atoms with Gasteiger partial charge in [0.05, 0.1) is 0 Å². The van der Waals surface area contributed by atoms with Crippen LogP contribution >= 0.6 is 12.2 Å². The van der Waals surface area contributed by atoms with Crippen molar-refractivity contribution < 1.29 is 9.53 Å². The molecule has 20 heavy (non-hydrogen) atoms. The molecule has 0 bridgehead atoms. The van der Waals surface area contributed by atoms with Gasteiger partial charge in [-0.1, -0.05) is 18.2 Å². The first-order chi connectivity index (χ1) is 9.63. The number of benzene rings is 1. The molecule has 2 heterocycles. The molecule has 1 aromatic carbocycles. The molecule has 5 heteroatoms. The summed E-state index contributed by atoms with van der Waals surface area (Å²) in [6.45, 7) is 2.39. The van der Waals surface area contributed by atoms with Crippen LogP contribution in [0.4, 0.5) is 5.69 Å². The van der Waals surface area contributed by atoms with Crippen molar-refractivity contribution in [2.24, 2.45) is 0 Å². The molecule has 0 unspecified atom stereocenters. The lowest BCUT2D eigenvalue weighted by atomic mass is 9.99. The number of allylic oxidation sites excluding steroid dienone is 2. The van der Waals surface area contributed by atoms with Gasteiger partial charge in [0.2, 0.25) is 5.76 Å². The summed E-state index contributed by atoms with van der Waals surface area (Å²) in [5, 5.41) is 0.227. The van der Waals surface area contributed by atoms with E-state index in [0.29, 0.717) is 12.3 Å². The number of thiocarbonyl (C=S) groups is 1. The summed E-state index contributed by atoms with van der Waals surface area (Å²) in [6, 6.07) is 7.90. The summed E-state index contributed by atoms with van der Waals surface area (Å²) in [5.74, 6) is 0.144. The molecule has 2 aliphatic rings. The van der Waals surface area contributed by atoms with Gasteiger partial charge in [-0.25, -0.2) is 0 Å². The number of carbonyl (C=O) groups excluding carboxylic acids is 1. The number of amides is 1. The molecule has 2 aliphatic heterocycles. The Morgan fingerprint density at radius 3 is 2.75 bits per heavy atom. The van der Waals surface area contributed by atoms with Gasteiger partial charge < -0.3 is 9.64 Å². The minimum Gasteiger partial charge on any atom is -0.425 e. The van der Waals surface area contributed by atoms with Crippen molar-refractivity contribution in [3.05, 3.63) is 47.9 Å².